The van der Waals surface area contributed by atoms with Gasteiger partial charge in [0.15, 0.2) is 0 Å². The molecule has 1 aliphatic carbocycles. The summed E-state index contributed by atoms with van der Waals surface area (Å²) in [6.45, 7) is 12.5. The van der Waals surface area contributed by atoms with Crippen LogP contribution in [0.3, 0.4) is 0 Å². The molecule has 0 saturated carbocycles. The van der Waals surface area contributed by atoms with E-state index in [1.165, 1.54) is 0 Å². The summed E-state index contributed by atoms with van der Waals surface area (Å²) in [6, 6.07) is 0. The van der Waals surface area contributed by atoms with Crippen molar-refractivity contribution in [3.8, 4) is 5.75 Å². The Balaban J connectivity index is 2.00. The van der Waals surface area contributed by atoms with Crippen LogP contribution in [0.25, 0.3) is 0 Å². The summed E-state index contributed by atoms with van der Waals surface area (Å²) in [5.41, 5.74) is 0.843. The molecule has 0 spiro atoms. The highest BCUT2D eigenvalue weighted by molar-refractivity contribution is 5.96. The molecule has 0 aliphatic heterocycles. The highest BCUT2D eigenvalue weighted by Gasteiger charge is 2.24. The molecular formula is C20H32N3O3+. The first-order valence-corrected chi connectivity index (χ1v) is 9.69. The number of aromatic amines is 1. The SMILES string of the molecule is C=CC[N+](CC)(CC)CCCNC(=O)c1c(O)c2c([nH]c1=O)CCCC2. The molecule has 0 fully saturated rings. The first-order chi connectivity index (χ1) is 12.5. The summed E-state index contributed by atoms with van der Waals surface area (Å²) in [6.07, 6.45) is 6.16. The molecule has 0 aromatic carbocycles. The molecule has 1 aromatic rings. The maximum absolute atomic E-state index is 12.4. The standard InChI is InChI=1S/C20H31N3O3/c1-4-13-23(5-2,6-3)14-9-12-21-19(25)17-18(24)15-10-7-8-11-16(15)22-20(17)26/h4H,1,5-14H2,2-3H3,(H2-,21,22,24,25,26)/p+1. The fraction of sp³-hybridized carbons (Fsp3) is 0.600. The number of nitrogens with one attached hydrogen (secondary N) is 2. The molecule has 1 heterocycles. The Labute approximate surface area is 155 Å². The number of quaternary nitrogens is 1. The lowest BCUT2D eigenvalue weighted by Crippen LogP contribution is -2.49. The minimum atomic E-state index is -0.500. The van der Waals surface area contributed by atoms with E-state index in [0.717, 1.165) is 67.6 Å². The fourth-order valence-electron chi connectivity index (χ4n) is 3.84. The summed E-state index contributed by atoms with van der Waals surface area (Å²) in [5, 5.41) is 13.2. The highest BCUT2D eigenvalue weighted by Crippen LogP contribution is 2.28. The zero-order valence-electron chi connectivity index (χ0n) is 16.1. The molecular weight excluding hydrogens is 330 g/mol. The van der Waals surface area contributed by atoms with Crippen LogP contribution in [0.1, 0.15) is 54.7 Å². The quantitative estimate of drug-likeness (QED) is 0.357. The van der Waals surface area contributed by atoms with E-state index >= 15 is 0 Å². The van der Waals surface area contributed by atoms with Crippen molar-refractivity contribution in [2.24, 2.45) is 0 Å². The van der Waals surface area contributed by atoms with Crippen molar-refractivity contribution in [1.82, 2.24) is 10.3 Å². The van der Waals surface area contributed by atoms with Gasteiger partial charge < -0.3 is 19.9 Å². The third-order valence-electron chi connectivity index (χ3n) is 5.66. The van der Waals surface area contributed by atoms with Gasteiger partial charge in [-0.15, -0.1) is 0 Å². The molecule has 6 nitrogen and oxygen atoms in total. The van der Waals surface area contributed by atoms with Gasteiger partial charge in [0.2, 0.25) is 0 Å². The maximum Gasteiger partial charge on any atom is 0.264 e. The topological polar surface area (TPSA) is 82.2 Å². The third kappa shape index (κ3) is 4.36. The van der Waals surface area contributed by atoms with Gasteiger partial charge in [-0.2, -0.15) is 0 Å². The van der Waals surface area contributed by atoms with Crippen LogP contribution in [-0.4, -0.2) is 53.2 Å². The number of amides is 1. The summed E-state index contributed by atoms with van der Waals surface area (Å²) >= 11 is 0. The number of aryl methyl sites for hydroxylation is 1. The number of hydrogen-bond acceptors (Lipinski definition) is 3. The van der Waals surface area contributed by atoms with Crippen LogP contribution in [0, 0.1) is 0 Å². The van der Waals surface area contributed by atoms with Gasteiger partial charge in [-0.05, 0) is 45.6 Å². The molecule has 0 bridgehead atoms. The Morgan fingerprint density at radius 2 is 2.00 bits per heavy atom. The second-order valence-corrected chi connectivity index (χ2v) is 7.12. The van der Waals surface area contributed by atoms with Gasteiger partial charge >= 0.3 is 0 Å². The Morgan fingerprint density at radius 1 is 1.31 bits per heavy atom. The lowest BCUT2D eigenvalue weighted by molar-refractivity contribution is -0.919. The molecule has 1 aromatic heterocycles. The van der Waals surface area contributed by atoms with Gasteiger partial charge in [-0.3, -0.25) is 9.59 Å². The summed E-state index contributed by atoms with van der Waals surface area (Å²) in [4.78, 5) is 27.5. The molecule has 0 saturated heterocycles. The summed E-state index contributed by atoms with van der Waals surface area (Å²) < 4.78 is 0.935. The van der Waals surface area contributed by atoms with Gasteiger partial charge in [0.25, 0.3) is 11.5 Å². The molecule has 3 N–H and O–H groups in total. The van der Waals surface area contributed by atoms with Gasteiger partial charge in [0.1, 0.15) is 11.3 Å². The molecule has 0 radical (unpaired) electrons. The van der Waals surface area contributed by atoms with Crippen molar-refractivity contribution in [3.63, 3.8) is 0 Å². The normalized spacial score (nSPS) is 13.9. The largest absolute Gasteiger partial charge is 0.507 e. The number of aromatic hydroxyl groups is 1. The maximum atomic E-state index is 12.4. The Morgan fingerprint density at radius 3 is 2.65 bits per heavy atom. The number of nitrogens with zero attached hydrogens (tertiary/aromatic N) is 1. The highest BCUT2D eigenvalue weighted by atomic mass is 16.3. The third-order valence-corrected chi connectivity index (χ3v) is 5.66. The number of carbonyl (C=O) groups is 1. The van der Waals surface area contributed by atoms with Crippen molar-refractivity contribution in [2.45, 2.75) is 46.0 Å². The van der Waals surface area contributed by atoms with E-state index in [1.54, 1.807) is 0 Å². The van der Waals surface area contributed by atoms with Crippen LogP contribution in [0.5, 0.6) is 5.75 Å². The fourth-order valence-corrected chi connectivity index (χ4v) is 3.84. The van der Waals surface area contributed by atoms with Crippen LogP contribution in [0.4, 0.5) is 0 Å². The molecule has 0 unspecified atom stereocenters. The van der Waals surface area contributed by atoms with Crippen molar-refractivity contribution in [2.75, 3.05) is 32.7 Å². The number of H-pyrrole nitrogens is 1. The second-order valence-electron chi connectivity index (χ2n) is 7.12. The Hall–Kier alpha value is -2.08. The number of fused-ring (bicyclic) bond motifs is 1. The van der Waals surface area contributed by atoms with E-state index in [9.17, 15) is 14.7 Å². The van der Waals surface area contributed by atoms with Crippen LogP contribution < -0.4 is 10.9 Å². The van der Waals surface area contributed by atoms with Crippen molar-refractivity contribution < 1.29 is 14.4 Å². The summed E-state index contributed by atoms with van der Waals surface area (Å²) in [5.74, 6) is -0.633. The lowest BCUT2D eigenvalue weighted by atomic mass is 9.93. The summed E-state index contributed by atoms with van der Waals surface area (Å²) in [7, 11) is 0. The first-order valence-electron chi connectivity index (χ1n) is 9.69. The zero-order chi connectivity index (χ0) is 19.2. The number of rotatable bonds is 9. The predicted octanol–water partition coefficient (Wildman–Crippen LogP) is 2.12. The minimum absolute atomic E-state index is 0.139. The molecule has 144 valence electrons. The smallest absolute Gasteiger partial charge is 0.264 e. The molecule has 6 heteroatoms. The Kier molecular flexibility index (Phi) is 7.03. The van der Waals surface area contributed by atoms with E-state index in [2.05, 4.69) is 30.7 Å². The molecule has 0 atom stereocenters. The van der Waals surface area contributed by atoms with Crippen LogP contribution in [0.15, 0.2) is 17.4 Å². The van der Waals surface area contributed by atoms with E-state index in [1.807, 2.05) is 6.08 Å². The second kappa shape index (κ2) is 9.03. The van der Waals surface area contributed by atoms with E-state index in [-0.39, 0.29) is 11.3 Å². The first kappa shape index (κ1) is 20.2. The average Bonchev–Trinajstić information content (AvgIpc) is 2.64. The van der Waals surface area contributed by atoms with Crippen molar-refractivity contribution >= 4 is 5.91 Å². The lowest BCUT2D eigenvalue weighted by Gasteiger charge is -2.36. The van der Waals surface area contributed by atoms with E-state index in [0.29, 0.717) is 13.0 Å². The number of carbonyl (C=O) groups excluding carboxylic acids is 1. The number of hydrogen-bond donors (Lipinski definition) is 3. The zero-order valence-corrected chi connectivity index (χ0v) is 16.1. The Bertz CT molecular complexity index is 705. The monoisotopic (exact) mass is 362 g/mol. The minimum Gasteiger partial charge on any atom is -0.507 e. The van der Waals surface area contributed by atoms with Gasteiger partial charge in [0, 0.05) is 24.2 Å². The van der Waals surface area contributed by atoms with Crippen molar-refractivity contribution in [1.29, 1.82) is 0 Å². The van der Waals surface area contributed by atoms with E-state index in [4.69, 9.17) is 0 Å². The molecule has 26 heavy (non-hydrogen) atoms. The predicted molar refractivity (Wildman–Crippen MR) is 104 cm³/mol. The molecule has 2 rings (SSSR count). The number of aromatic nitrogens is 1. The van der Waals surface area contributed by atoms with Crippen LogP contribution in [0.2, 0.25) is 0 Å². The number of pyridine rings is 1. The number of likely N-dealkylation sites (N-methyl/N-ethyl adjacent to an activating group) is 1. The van der Waals surface area contributed by atoms with E-state index < -0.39 is 11.5 Å². The van der Waals surface area contributed by atoms with Crippen molar-refractivity contribution in [3.05, 3.63) is 39.8 Å². The van der Waals surface area contributed by atoms with Gasteiger partial charge in [-0.25, -0.2) is 0 Å². The van der Waals surface area contributed by atoms with Gasteiger partial charge in [-0.1, -0.05) is 6.58 Å². The molecule has 1 amide bonds. The van der Waals surface area contributed by atoms with Crippen LogP contribution >= 0.6 is 0 Å². The average molecular weight is 362 g/mol. The molecule has 1 aliphatic rings. The van der Waals surface area contributed by atoms with Crippen LogP contribution in [-0.2, 0) is 12.8 Å². The van der Waals surface area contributed by atoms with Gasteiger partial charge in [0.05, 0.1) is 26.2 Å².